The Morgan fingerprint density at radius 1 is 1.08 bits per heavy atom. The van der Waals surface area contributed by atoms with Gasteiger partial charge in [0.2, 0.25) is 16.0 Å². The van der Waals surface area contributed by atoms with Crippen LogP contribution >= 0.6 is 11.6 Å². The Labute approximate surface area is 159 Å². The highest BCUT2D eigenvalue weighted by Gasteiger charge is 2.29. The molecular weight excluding hydrogens is 374 g/mol. The van der Waals surface area contributed by atoms with Gasteiger partial charge in [0.05, 0.1) is 4.90 Å². The van der Waals surface area contributed by atoms with Crippen LogP contribution in [0.5, 0.6) is 0 Å². The zero-order valence-electron chi connectivity index (χ0n) is 15.1. The van der Waals surface area contributed by atoms with Crippen LogP contribution in [0.25, 0.3) is 0 Å². The fraction of sp³-hybridized carbons (Fsp3) is 0.412. The molecule has 1 aromatic carbocycles. The summed E-state index contributed by atoms with van der Waals surface area (Å²) in [5.41, 5.74) is 0.882. The first kappa shape index (κ1) is 18.9. The van der Waals surface area contributed by atoms with E-state index in [9.17, 15) is 8.42 Å². The van der Waals surface area contributed by atoms with Crippen LogP contribution in [0.15, 0.2) is 35.2 Å². The molecule has 1 aliphatic heterocycles. The Morgan fingerprint density at radius 2 is 1.77 bits per heavy atom. The summed E-state index contributed by atoms with van der Waals surface area (Å²) in [6.45, 7) is 3.76. The van der Waals surface area contributed by atoms with Gasteiger partial charge in [-0.2, -0.15) is 9.29 Å². The molecule has 9 heteroatoms. The van der Waals surface area contributed by atoms with Crippen molar-refractivity contribution in [1.82, 2.24) is 14.3 Å². The first-order chi connectivity index (χ1) is 12.3. The maximum atomic E-state index is 12.8. The Balaban J connectivity index is 1.75. The van der Waals surface area contributed by atoms with E-state index < -0.39 is 10.0 Å². The van der Waals surface area contributed by atoms with Crippen LogP contribution in [0.3, 0.4) is 0 Å². The van der Waals surface area contributed by atoms with E-state index in [1.54, 1.807) is 18.2 Å². The molecule has 0 aliphatic carbocycles. The summed E-state index contributed by atoms with van der Waals surface area (Å²) in [5, 5.41) is 0.411. The van der Waals surface area contributed by atoms with Crippen molar-refractivity contribution in [3.8, 4) is 0 Å². The fourth-order valence-corrected chi connectivity index (χ4v) is 4.54. The van der Waals surface area contributed by atoms with Crippen LogP contribution in [-0.4, -0.2) is 63.0 Å². The molecule has 0 bridgehead atoms. The quantitative estimate of drug-likeness (QED) is 0.788. The maximum absolute atomic E-state index is 12.8. The molecule has 1 fully saturated rings. The van der Waals surface area contributed by atoms with E-state index >= 15 is 0 Å². The number of halogens is 1. The maximum Gasteiger partial charge on any atom is 0.243 e. The van der Waals surface area contributed by atoms with Crippen molar-refractivity contribution in [2.45, 2.75) is 11.8 Å². The third-order valence-corrected chi connectivity index (χ3v) is 6.37. The third-order valence-electron chi connectivity index (χ3n) is 4.24. The molecule has 140 valence electrons. The number of anilines is 2. The first-order valence-electron chi connectivity index (χ1n) is 8.31. The number of nitrogens with zero attached hydrogens (tertiary/aromatic N) is 5. The van der Waals surface area contributed by atoms with E-state index in [1.807, 2.05) is 36.9 Å². The van der Waals surface area contributed by atoms with Gasteiger partial charge in [0.15, 0.2) is 0 Å². The first-order valence-corrected chi connectivity index (χ1v) is 10.1. The number of hydrogen-bond acceptors (Lipinski definition) is 6. The molecule has 1 saturated heterocycles. The Morgan fingerprint density at radius 3 is 2.38 bits per heavy atom. The summed E-state index contributed by atoms with van der Waals surface area (Å²) < 4.78 is 27.1. The standard InChI is InChI=1S/C17H22ClN5O2S/c1-13-11-16(21(2)3)20-17(19-13)22-7-9-23(10-8-22)26(24,25)15-6-4-5-14(18)12-15/h4-6,11-12H,7-10H2,1-3H3. The van der Waals surface area contributed by atoms with Crippen molar-refractivity contribution in [2.75, 3.05) is 50.1 Å². The largest absolute Gasteiger partial charge is 0.363 e. The molecule has 0 saturated carbocycles. The third kappa shape index (κ3) is 3.92. The number of rotatable bonds is 4. The monoisotopic (exact) mass is 395 g/mol. The Hall–Kier alpha value is -1.90. The molecule has 0 spiro atoms. The van der Waals surface area contributed by atoms with Gasteiger partial charge >= 0.3 is 0 Å². The molecule has 2 aromatic rings. The van der Waals surface area contributed by atoms with E-state index in [0.29, 0.717) is 37.1 Å². The number of sulfonamides is 1. The molecule has 0 N–H and O–H groups in total. The molecule has 3 rings (SSSR count). The van der Waals surface area contributed by atoms with Crippen molar-refractivity contribution in [3.05, 3.63) is 41.0 Å². The van der Waals surface area contributed by atoms with Crippen LogP contribution in [0.1, 0.15) is 5.69 Å². The SMILES string of the molecule is Cc1cc(N(C)C)nc(N2CCN(S(=O)(=O)c3cccc(Cl)c3)CC2)n1. The number of piperazine rings is 1. The van der Waals surface area contributed by atoms with E-state index in [4.69, 9.17) is 11.6 Å². The lowest BCUT2D eigenvalue weighted by molar-refractivity contribution is 0.382. The molecule has 0 atom stereocenters. The second kappa shape index (κ2) is 7.38. The van der Waals surface area contributed by atoms with Crippen molar-refractivity contribution in [1.29, 1.82) is 0 Å². The average molecular weight is 396 g/mol. The van der Waals surface area contributed by atoms with Crippen LogP contribution in [0, 0.1) is 6.92 Å². The summed E-state index contributed by atoms with van der Waals surface area (Å²) >= 11 is 5.94. The average Bonchev–Trinajstić information content (AvgIpc) is 2.61. The molecule has 0 radical (unpaired) electrons. The predicted octanol–water partition coefficient (Wildman–Crippen LogP) is 2.02. The Bertz CT molecular complexity index is 896. The van der Waals surface area contributed by atoms with Gasteiger partial charge in [-0.25, -0.2) is 13.4 Å². The molecule has 1 aromatic heterocycles. The zero-order valence-corrected chi connectivity index (χ0v) is 16.6. The molecular formula is C17H22ClN5O2S. The van der Waals surface area contributed by atoms with Crippen molar-refractivity contribution < 1.29 is 8.42 Å². The van der Waals surface area contributed by atoms with Gasteiger partial charge in [0, 0.05) is 57.1 Å². The van der Waals surface area contributed by atoms with Gasteiger partial charge in [-0.1, -0.05) is 17.7 Å². The minimum atomic E-state index is -3.55. The molecule has 1 aliphatic rings. The van der Waals surface area contributed by atoms with Crippen LogP contribution in [0.4, 0.5) is 11.8 Å². The van der Waals surface area contributed by atoms with Gasteiger partial charge in [0.25, 0.3) is 0 Å². The summed E-state index contributed by atoms with van der Waals surface area (Å²) in [4.78, 5) is 13.2. The smallest absolute Gasteiger partial charge is 0.243 e. The van der Waals surface area contributed by atoms with E-state index in [-0.39, 0.29) is 4.90 Å². The second-order valence-corrected chi connectivity index (χ2v) is 8.78. The lowest BCUT2D eigenvalue weighted by Crippen LogP contribution is -2.49. The highest BCUT2D eigenvalue weighted by atomic mass is 35.5. The van der Waals surface area contributed by atoms with Crippen LogP contribution in [-0.2, 0) is 10.0 Å². The van der Waals surface area contributed by atoms with Crippen LogP contribution < -0.4 is 9.80 Å². The lowest BCUT2D eigenvalue weighted by atomic mass is 10.3. The molecule has 0 amide bonds. The highest BCUT2D eigenvalue weighted by Crippen LogP contribution is 2.22. The Kier molecular flexibility index (Phi) is 5.36. The molecule has 7 nitrogen and oxygen atoms in total. The normalized spacial score (nSPS) is 15.9. The number of hydrogen-bond donors (Lipinski definition) is 0. The van der Waals surface area contributed by atoms with Gasteiger partial charge in [-0.3, -0.25) is 0 Å². The summed E-state index contributed by atoms with van der Waals surface area (Å²) in [6.07, 6.45) is 0. The lowest BCUT2D eigenvalue weighted by Gasteiger charge is -2.34. The summed E-state index contributed by atoms with van der Waals surface area (Å²) in [6, 6.07) is 8.28. The summed E-state index contributed by atoms with van der Waals surface area (Å²) in [7, 11) is 0.316. The number of aryl methyl sites for hydroxylation is 1. The van der Waals surface area contributed by atoms with E-state index in [0.717, 1.165) is 11.5 Å². The second-order valence-electron chi connectivity index (χ2n) is 6.41. The van der Waals surface area contributed by atoms with Crippen molar-refractivity contribution in [3.63, 3.8) is 0 Å². The minimum absolute atomic E-state index is 0.222. The zero-order chi connectivity index (χ0) is 18.9. The van der Waals surface area contributed by atoms with E-state index in [2.05, 4.69) is 9.97 Å². The summed E-state index contributed by atoms with van der Waals surface area (Å²) in [5.74, 6) is 1.47. The number of benzene rings is 1. The molecule has 0 unspecified atom stereocenters. The predicted molar refractivity (Wildman–Crippen MR) is 104 cm³/mol. The van der Waals surface area contributed by atoms with Crippen LogP contribution in [0.2, 0.25) is 5.02 Å². The van der Waals surface area contributed by atoms with E-state index in [1.165, 1.54) is 10.4 Å². The highest BCUT2D eigenvalue weighted by molar-refractivity contribution is 7.89. The fourth-order valence-electron chi connectivity index (χ4n) is 2.81. The van der Waals surface area contributed by atoms with Gasteiger partial charge in [0.1, 0.15) is 5.82 Å². The molecule has 2 heterocycles. The van der Waals surface area contributed by atoms with Crippen molar-refractivity contribution in [2.24, 2.45) is 0 Å². The topological polar surface area (TPSA) is 69.6 Å². The van der Waals surface area contributed by atoms with Gasteiger partial charge in [-0.05, 0) is 25.1 Å². The van der Waals surface area contributed by atoms with Gasteiger partial charge < -0.3 is 9.80 Å². The minimum Gasteiger partial charge on any atom is -0.363 e. The number of aromatic nitrogens is 2. The van der Waals surface area contributed by atoms with Gasteiger partial charge in [-0.15, -0.1) is 0 Å². The molecule has 26 heavy (non-hydrogen) atoms. The van der Waals surface area contributed by atoms with Crippen molar-refractivity contribution >= 4 is 33.4 Å².